The number of cyclic esters (lactones) is 2. The highest BCUT2D eigenvalue weighted by atomic mass is 16.6. The van der Waals surface area contributed by atoms with Crippen LogP contribution in [0.3, 0.4) is 0 Å². The zero-order valence-electron chi connectivity index (χ0n) is 11.5. The van der Waals surface area contributed by atoms with Crippen molar-refractivity contribution < 1.29 is 19.1 Å². The predicted molar refractivity (Wildman–Crippen MR) is 66.4 cm³/mol. The first kappa shape index (κ1) is 14.6. The van der Waals surface area contributed by atoms with Crippen molar-refractivity contribution in [1.82, 2.24) is 9.80 Å². The number of amides is 2. The van der Waals surface area contributed by atoms with Crippen LogP contribution >= 0.6 is 0 Å². The summed E-state index contributed by atoms with van der Waals surface area (Å²) in [4.78, 5) is 24.9. The van der Waals surface area contributed by atoms with E-state index in [0.29, 0.717) is 13.2 Å². The molecule has 0 N–H and O–H groups in total. The largest absolute Gasteiger partial charge is 0.448 e. The van der Waals surface area contributed by atoms with Gasteiger partial charge < -0.3 is 19.3 Å². The second-order valence-electron chi connectivity index (χ2n) is 4.80. The summed E-state index contributed by atoms with van der Waals surface area (Å²) >= 11 is 0. The van der Waals surface area contributed by atoms with Crippen LogP contribution in [0.4, 0.5) is 9.59 Å². The average Bonchev–Trinajstić information content (AvgIpc) is 2.87. The predicted octanol–water partition coefficient (Wildman–Crippen LogP) is 1.69. The molecular formula is C12H22N2O4. The first-order valence-electron chi connectivity index (χ1n) is 6.30. The molecule has 0 aromatic rings. The fraction of sp³-hybridized carbons (Fsp3) is 0.833. The Balaban J connectivity index is 0.000000180. The van der Waals surface area contributed by atoms with E-state index < -0.39 is 0 Å². The van der Waals surface area contributed by atoms with E-state index in [1.807, 2.05) is 27.7 Å². The minimum Gasteiger partial charge on any atom is -0.448 e. The molecule has 2 fully saturated rings. The summed E-state index contributed by atoms with van der Waals surface area (Å²) in [6.07, 6.45) is -0.352. The molecule has 18 heavy (non-hydrogen) atoms. The Morgan fingerprint density at radius 3 is 1.28 bits per heavy atom. The maximum atomic E-state index is 10.7. The Morgan fingerprint density at radius 1 is 0.833 bits per heavy atom. The van der Waals surface area contributed by atoms with E-state index >= 15 is 0 Å². The number of carbonyl (C=O) groups is 2. The number of rotatable bonds is 2. The van der Waals surface area contributed by atoms with Gasteiger partial charge in [-0.05, 0) is 27.7 Å². The van der Waals surface area contributed by atoms with E-state index in [1.165, 1.54) is 0 Å². The highest BCUT2D eigenvalue weighted by Crippen LogP contribution is 2.07. The lowest BCUT2D eigenvalue weighted by Crippen LogP contribution is -2.31. The van der Waals surface area contributed by atoms with Crippen molar-refractivity contribution in [1.29, 1.82) is 0 Å². The maximum Gasteiger partial charge on any atom is 0.410 e. The summed E-state index contributed by atoms with van der Waals surface area (Å²) in [6, 6.07) is 0.556. The van der Waals surface area contributed by atoms with Crippen LogP contribution in [0.15, 0.2) is 0 Å². The molecule has 0 saturated carbocycles. The quantitative estimate of drug-likeness (QED) is 0.756. The van der Waals surface area contributed by atoms with Gasteiger partial charge in [0.25, 0.3) is 0 Å². The molecule has 0 spiro atoms. The van der Waals surface area contributed by atoms with Crippen molar-refractivity contribution in [3.8, 4) is 0 Å². The maximum absolute atomic E-state index is 10.7. The van der Waals surface area contributed by atoms with E-state index in [0.717, 1.165) is 13.1 Å². The molecule has 2 aliphatic rings. The first-order valence-corrected chi connectivity index (χ1v) is 6.30. The van der Waals surface area contributed by atoms with Gasteiger partial charge in [-0.3, -0.25) is 0 Å². The van der Waals surface area contributed by atoms with E-state index in [4.69, 9.17) is 9.47 Å². The third kappa shape index (κ3) is 3.78. The van der Waals surface area contributed by atoms with Crippen molar-refractivity contribution >= 4 is 12.2 Å². The molecule has 2 rings (SSSR count). The molecule has 6 heteroatoms. The normalized spacial score (nSPS) is 19.0. The third-order valence-electron chi connectivity index (χ3n) is 2.83. The minimum absolute atomic E-state index is 0.176. The molecule has 0 aromatic heterocycles. The summed E-state index contributed by atoms with van der Waals surface area (Å²) < 4.78 is 9.43. The zero-order chi connectivity index (χ0) is 13.7. The first-order chi connectivity index (χ1) is 8.43. The Morgan fingerprint density at radius 2 is 1.17 bits per heavy atom. The Labute approximate surface area is 108 Å². The smallest absolute Gasteiger partial charge is 0.410 e. The van der Waals surface area contributed by atoms with Gasteiger partial charge in [0.1, 0.15) is 13.2 Å². The van der Waals surface area contributed by atoms with Crippen molar-refractivity contribution in [2.24, 2.45) is 0 Å². The molecule has 2 aliphatic heterocycles. The topological polar surface area (TPSA) is 59.1 Å². The third-order valence-corrected chi connectivity index (χ3v) is 2.83. The van der Waals surface area contributed by atoms with Gasteiger partial charge in [-0.2, -0.15) is 0 Å². The molecule has 0 aromatic carbocycles. The second kappa shape index (κ2) is 6.47. The number of carbonyl (C=O) groups excluding carboxylic acids is 2. The van der Waals surface area contributed by atoms with Gasteiger partial charge in [0.05, 0.1) is 13.1 Å². The van der Waals surface area contributed by atoms with Crippen LogP contribution < -0.4 is 0 Å². The number of hydrogen-bond donors (Lipinski definition) is 0. The molecule has 0 atom stereocenters. The molecular weight excluding hydrogens is 236 g/mol. The SMILES string of the molecule is CC(C)N1CCOC1=O.CC(C)N1CCOC1=O. The summed E-state index contributed by atoms with van der Waals surface area (Å²) in [5.74, 6) is 0. The fourth-order valence-corrected chi connectivity index (χ4v) is 1.75. The lowest BCUT2D eigenvalue weighted by Gasteiger charge is -2.15. The van der Waals surface area contributed by atoms with Crippen molar-refractivity contribution in [3.63, 3.8) is 0 Å². The lowest BCUT2D eigenvalue weighted by atomic mass is 10.3. The standard InChI is InChI=1S/2C6H11NO2/c2*1-5(2)7-3-4-9-6(7)8/h2*5H,3-4H2,1-2H3. The van der Waals surface area contributed by atoms with Crippen molar-refractivity contribution in [2.45, 2.75) is 39.8 Å². The van der Waals surface area contributed by atoms with Gasteiger partial charge in [0.2, 0.25) is 0 Å². The van der Waals surface area contributed by atoms with Crippen LogP contribution in [-0.4, -0.2) is 60.4 Å². The number of hydrogen-bond acceptors (Lipinski definition) is 4. The van der Waals surface area contributed by atoms with E-state index in [9.17, 15) is 9.59 Å². The highest BCUT2D eigenvalue weighted by molar-refractivity contribution is 5.69. The zero-order valence-corrected chi connectivity index (χ0v) is 11.5. The molecule has 2 saturated heterocycles. The van der Waals surface area contributed by atoms with Crippen LogP contribution in [-0.2, 0) is 9.47 Å². The monoisotopic (exact) mass is 258 g/mol. The molecule has 2 amide bonds. The lowest BCUT2D eigenvalue weighted by molar-refractivity contribution is 0.151. The summed E-state index contributed by atoms with van der Waals surface area (Å²) in [6.45, 7) is 10.5. The molecule has 6 nitrogen and oxygen atoms in total. The van der Waals surface area contributed by atoms with E-state index in [-0.39, 0.29) is 24.3 Å². The van der Waals surface area contributed by atoms with Crippen LogP contribution in [0.1, 0.15) is 27.7 Å². The van der Waals surface area contributed by atoms with Crippen molar-refractivity contribution in [3.05, 3.63) is 0 Å². The number of nitrogens with zero attached hydrogens (tertiary/aromatic N) is 2. The molecule has 2 heterocycles. The highest BCUT2D eigenvalue weighted by Gasteiger charge is 2.24. The molecule has 104 valence electrons. The summed E-state index contributed by atoms with van der Waals surface area (Å²) in [5.41, 5.74) is 0. The van der Waals surface area contributed by atoms with Gasteiger partial charge in [0, 0.05) is 12.1 Å². The van der Waals surface area contributed by atoms with Crippen LogP contribution in [0, 0.1) is 0 Å². The molecule has 0 radical (unpaired) electrons. The van der Waals surface area contributed by atoms with Gasteiger partial charge >= 0.3 is 12.2 Å². The summed E-state index contributed by atoms with van der Waals surface area (Å²) in [5, 5.41) is 0. The van der Waals surface area contributed by atoms with Crippen LogP contribution in [0.2, 0.25) is 0 Å². The Kier molecular flexibility index (Phi) is 5.25. The van der Waals surface area contributed by atoms with Crippen molar-refractivity contribution in [2.75, 3.05) is 26.3 Å². The molecule has 0 unspecified atom stereocenters. The van der Waals surface area contributed by atoms with E-state index in [1.54, 1.807) is 9.80 Å². The van der Waals surface area contributed by atoms with Gasteiger partial charge in [-0.15, -0.1) is 0 Å². The van der Waals surface area contributed by atoms with E-state index in [2.05, 4.69) is 0 Å². The second-order valence-corrected chi connectivity index (χ2v) is 4.80. The fourth-order valence-electron chi connectivity index (χ4n) is 1.75. The van der Waals surface area contributed by atoms with Crippen LogP contribution in [0.5, 0.6) is 0 Å². The van der Waals surface area contributed by atoms with Crippen LogP contribution in [0.25, 0.3) is 0 Å². The minimum atomic E-state index is -0.176. The van der Waals surface area contributed by atoms with Gasteiger partial charge in [-0.25, -0.2) is 9.59 Å². The molecule has 0 aliphatic carbocycles. The Bertz CT molecular complexity index is 274. The molecule has 0 bridgehead atoms. The van der Waals surface area contributed by atoms with Gasteiger partial charge in [0.15, 0.2) is 0 Å². The Hall–Kier alpha value is -1.46. The number of ether oxygens (including phenoxy) is 2. The van der Waals surface area contributed by atoms with Gasteiger partial charge in [-0.1, -0.05) is 0 Å². The summed E-state index contributed by atoms with van der Waals surface area (Å²) in [7, 11) is 0. The average molecular weight is 258 g/mol.